The molecule has 0 fully saturated rings. The summed E-state index contributed by atoms with van der Waals surface area (Å²) in [7, 11) is 1.55. The molecule has 3 N–H and O–H groups in total. The van der Waals surface area contributed by atoms with Gasteiger partial charge in [-0.05, 0) is 36.8 Å². The third-order valence-electron chi connectivity index (χ3n) is 5.72. The van der Waals surface area contributed by atoms with Gasteiger partial charge in [0.2, 0.25) is 5.95 Å². The maximum atomic E-state index is 13.6. The molecule has 1 unspecified atom stereocenters. The topological polar surface area (TPSA) is 120 Å². The highest BCUT2D eigenvalue weighted by Gasteiger charge is 2.35. The molecule has 2 aromatic carbocycles. The van der Waals surface area contributed by atoms with Gasteiger partial charge in [-0.1, -0.05) is 18.2 Å². The van der Waals surface area contributed by atoms with Gasteiger partial charge < -0.3 is 30.0 Å². The first-order valence-electron chi connectivity index (χ1n) is 11.0. The van der Waals surface area contributed by atoms with Crippen LogP contribution in [0.3, 0.4) is 0 Å². The van der Waals surface area contributed by atoms with Crippen LogP contribution in [-0.4, -0.2) is 46.1 Å². The smallest absolute Gasteiger partial charge is 0.255 e. The molecule has 0 spiro atoms. The van der Waals surface area contributed by atoms with Gasteiger partial charge in [0.15, 0.2) is 17.3 Å². The number of hydrogen-bond acceptors (Lipinski definition) is 8. The molecule has 176 valence electrons. The molecule has 3 aromatic rings. The molecule has 34 heavy (non-hydrogen) atoms. The van der Waals surface area contributed by atoms with Crippen LogP contribution in [0.2, 0.25) is 0 Å². The largest absolute Gasteiger partial charge is 0.495 e. The van der Waals surface area contributed by atoms with Gasteiger partial charge in [0, 0.05) is 12.1 Å². The highest BCUT2D eigenvalue weighted by Crippen LogP contribution is 2.40. The third-order valence-corrected chi connectivity index (χ3v) is 5.72. The predicted molar refractivity (Wildman–Crippen MR) is 124 cm³/mol. The minimum atomic E-state index is -0.615. The number of amides is 1. The lowest BCUT2D eigenvalue weighted by Crippen LogP contribution is -2.31. The minimum Gasteiger partial charge on any atom is -0.495 e. The molecule has 0 saturated heterocycles. The zero-order chi connectivity index (χ0) is 23.7. The summed E-state index contributed by atoms with van der Waals surface area (Å²) in [4.78, 5) is 18.0. The quantitative estimate of drug-likeness (QED) is 0.528. The number of methoxy groups -OCH3 is 1. The Kier molecular flexibility index (Phi) is 5.81. The number of nitrogens with one attached hydrogen (secondary N) is 2. The van der Waals surface area contributed by atoms with Crippen LogP contribution in [-0.2, 0) is 11.4 Å². The van der Waals surface area contributed by atoms with Gasteiger partial charge in [-0.2, -0.15) is 10.1 Å². The van der Waals surface area contributed by atoms with Gasteiger partial charge in [-0.25, -0.2) is 4.68 Å². The number of rotatable bonds is 5. The molecule has 1 aromatic heterocycles. The molecule has 0 radical (unpaired) electrons. The number of fused-ring (bicyclic) bond motifs is 2. The fourth-order valence-electron chi connectivity index (χ4n) is 4.15. The summed E-state index contributed by atoms with van der Waals surface area (Å²) in [5.74, 6) is 2.19. The van der Waals surface area contributed by atoms with E-state index in [1.807, 2.05) is 37.3 Å². The number of para-hydroxylation sites is 2. The highest BCUT2D eigenvalue weighted by atomic mass is 16.5. The standard InChI is InChI=1S/C24H25N5O5/c1-14-21(23(31)26-16-6-3-4-7-17(16)32-2)22(29-24(25-14)27-20(13-30)28-29)15-8-9-18-19(12-15)34-11-5-10-33-18/h3-4,6-9,12,22,30H,5,10-11,13H2,1-2H3,(H,26,31)(H,25,27,28). The van der Waals surface area contributed by atoms with Crippen molar-refractivity contribution in [2.45, 2.75) is 26.0 Å². The van der Waals surface area contributed by atoms with E-state index >= 15 is 0 Å². The van der Waals surface area contributed by atoms with Crippen molar-refractivity contribution in [2.24, 2.45) is 0 Å². The Morgan fingerprint density at radius 2 is 2.03 bits per heavy atom. The minimum absolute atomic E-state index is 0.251. The lowest BCUT2D eigenvalue weighted by atomic mass is 9.94. The van der Waals surface area contributed by atoms with E-state index in [0.717, 1.165) is 12.0 Å². The maximum absolute atomic E-state index is 13.6. The van der Waals surface area contributed by atoms with Crippen molar-refractivity contribution in [1.29, 1.82) is 0 Å². The molecule has 3 heterocycles. The van der Waals surface area contributed by atoms with Crippen LogP contribution < -0.4 is 24.8 Å². The van der Waals surface area contributed by atoms with Crippen molar-refractivity contribution in [3.63, 3.8) is 0 Å². The number of benzene rings is 2. The van der Waals surface area contributed by atoms with Crippen molar-refractivity contribution in [1.82, 2.24) is 14.8 Å². The Hall–Kier alpha value is -4.05. The van der Waals surface area contributed by atoms with Gasteiger partial charge in [0.1, 0.15) is 18.4 Å². The molecule has 2 aliphatic heterocycles. The summed E-state index contributed by atoms with van der Waals surface area (Å²) in [6.45, 7) is 2.61. The van der Waals surface area contributed by atoms with E-state index in [-0.39, 0.29) is 18.3 Å². The molecular formula is C24H25N5O5. The Morgan fingerprint density at radius 3 is 2.82 bits per heavy atom. The zero-order valence-electron chi connectivity index (χ0n) is 18.9. The Balaban J connectivity index is 1.59. The van der Waals surface area contributed by atoms with E-state index in [4.69, 9.17) is 14.2 Å². The van der Waals surface area contributed by atoms with Crippen molar-refractivity contribution in [3.05, 3.63) is 65.1 Å². The van der Waals surface area contributed by atoms with Crippen molar-refractivity contribution in [2.75, 3.05) is 31.0 Å². The second-order valence-electron chi connectivity index (χ2n) is 7.93. The first-order valence-corrected chi connectivity index (χ1v) is 11.0. The van der Waals surface area contributed by atoms with E-state index in [2.05, 4.69) is 20.7 Å². The Morgan fingerprint density at radius 1 is 1.24 bits per heavy atom. The van der Waals surface area contributed by atoms with Crippen LogP contribution in [0.1, 0.15) is 30.8 Å². The molecule has 10 heteroatoms. The highest BCUT2D eigenvalue weighted by molar-refractivity contribution is 6.06. The lowest BCUT2D eigenvalue weighted by molar-refractivity contribution is -0.113. The van der Waals surface area contributed by atoms with Gasteiger partial charge in [0.05, 0.1) is 31.6 Å². The number of carbonyl (C=O) groups excluding carboxylic acids is 1. The van der Waals surface area contributed by atoms with Crippen molar-refractivity contribution < 1.29 is 24.1 Å². The van der Waals surface area contributed by atoms with Crippen LogP contribution in [0.25, 0.3) is 0 Å². The van der Waals surface area contributed by atoms with Crippen LogP contribution >= 0.6 is 0 Å². The lowest BCUT2D eigenvalue weighted by Gasteiger charge is -2.29. The first-order chi connectivity index (χ1) is 16.6. The second-order valence-corrected chi connectivity index (χ2v) is 7.93. The molecule has 5 rings (SSSR count). The molecule has 1 atom stereocenters. The normalized spacial score (nSPS) is 16.9. The summed E-state index contributed by atoms with van der Waals surface area (Å²) in [5, 5.41) is 20.2. The van der Waals surface area contributed by atoms with Crippen LogP contribution in [0.4, 0.5) is 11.6 Å². The first kappa shape index (κ1) is 21.8. The molecule has 10 nitrogen and oxygen atoms in total. The van der Waals surface area contributed by atoms with E-state index < -0.39 is 6.04 Å². The second kappa shape index (κ2) is 9.06. The van der Waals surface area contributed by atoms with E-state index in [1.54, 1.807) is 23.9 Å². The summed E-state index contributed by atoms with van der Waals surface area (Å²) in [6.07, 6.45) is 0.788. The van der Waals surface area contributed by atoms with Crippen LogP contribution in [0.5, 0.6) is 17.2 Å². The number of anilines is 2. The monoisotopic (exact) mass is 463 g/mol. The number of ether oxygens (including phenoxy) is 3. The third kappa shape index (κ3) is 3.92. The van der Waals surface area contributed by atoms with E-state index in [0.29, 0.717) is 53.4 Å². The molecule has 0 bridgehead atoms. The van der Waals surface area contributed by atoms with Gasteiger partial charge in [0.25, 0.3) is 5.91 Å². The van der Waals surface area contributed by atoms with Gasteiger partial charge >= 0.3 is 0 Å². The van der Waals surface area contributed by atoms with Gasteiger partial charge in [-0.15, -0.1) is 0 Å². The molecule has 2 aliphatic rings. The molecule has 1 amide bonds. The number of nitrogens with zero attached hydrogens (tertiary/aromatic N) is 3. The zero-order valence-corrected chi connectivity index (χ0v) is 18.9. The van der Waals surface area contributed by atoms with E-state index in [1.165, 1.54) is 0 Å². The summed E-state index contributed by atoms with van der Waals surface area (Å²) in [6, 6.07) is 12.2. The van der Waals surface area contributed by atoms with E-state index in [9.17, 15) is 9.90 Å². The van der Waals surface area contributed by atoms with Crippen LogP contribution in [0.15, 0.2) is 53.7 Å². The number of carbonyl (C=O) groups is 1. The molecular weight excluding hydrogens is 438 g/mol. The SMILES string of the molecule is COc1ccccc1NC(=O)C1=C(C)Nc2nc(CO)nn2C1c1ccc2c(c1)OCCCO2. The number of aliphatic hydroxyl groups excluding tert-OH is 1. The average molecular weight is 463 g/mol. The maximum Gasteiger partial charge on any atom is 0.255 e. The van der Waals surface area contributed by atoms with Gasteiger partial charge in [-0.3, -0.25) is 4.79 Å². The fraction of sp³-hybridized carbons (Fsp3) is 0.292. The predicted octanol–water partition coefficient (Wildman–Crippen LogP) is 2.87. The summed E-state index contributed by atoms with van der Waals surface area (Å²) in [5.41, 5.74) is 2.38. The Labute approximate surface area is 196 Å². The number of aliphatic hydroxyl groups is 1. The average Bonchev–Trinajstić information content (AvgIpc) is 3.11. The molecule has 0 aliphatic carbocycles. The molecule has 0 saturated carbocycles. The van der Waals surface area contributed by atoms with Crippen molar-refractivity contribution >= 4 is 17.5 Å². The number of allylic oxidation sites excluding steroid dienone is 1. The summed E-state index contributed by atoms with van der Waals surface area (Å²) < 4.78 is 18.6. The fourth-order valence-corrected chi connectivity index (χ4v) is 4.15. The summed E-state index contributed by atoms with van der Waals surface area (Å²) >= 11 is 0. The van der Waals surface area contributed by atoms with Crippen LogP contribution in [0, 0.1) is 0 Å². The number of aromatic nitrogens is 3. The van der Waals surface area contributed by atoms with Crippen molar-refractivity contribution in [3.8, 4) is 17.2 Å². The Bertz CT molecular complexity index is 1270. The number of hydrogen-bond donors (Lipinski definition) is 3.